The Morgan fingerprint density at radius 2 is 1.61 bits per heavy atom. The molecule has 0 aliphatic rings. The van der Waals surface area contributed by atoms with E-state index in [9.17, 15) is 0 Å². The number of aromatic nitrogens is 3. The second-order valence-corrected chi connectivity index (χ2v) is 9.12. The van der Waals surface area contributed by atoms with Gasteiger partial charge in [-0.3, -0.25) is 0 Å². The van der Waals surface area contributed by atoms with Crippen molar-refractivity contribution >= 4 is 11.0 Å². The summed E-state index contributed by atoms with van der Waals surface area (Å²) >= 11 is 0. The Morgan fingerprint density at radius 1 is 0.964 bits per heavy atom. The first-order valence-corrected chi connectivity index (χ1v) is 10.4. The predicted octanol–water partition coefficient (Wildman–Crippen LogP) is 6.17. The Hall–Kier alpha value is -2.36. The minimum atomic E-state index is 0.0482. The fraction of sp³-hybridized carbons (Fsp3) is 0.500. The molecule has 1 unspecified atom stereocenters. The molecule has 0 bridgehead atoms. The Bertz CT molecular complexity index is 888. The molecular weight excluding hydrogens is 346 g/mol. The monoisotopic (exact) mass is 379 g/mol. The van der Waals surface area contributed by atoms with Gasteiger partial charge in [0.2, 0.25) is 0 Å². The largest absolute Gasteiger partial charge is 0.491 e. The van der Waals surface area contributed by atoms with Gasteiger partial charge in [-0.05, 0) is 59.9 Å². The number of ether oxygens (including phenoxy) is 1. The molecule has 150 valence electrons. The van der Waals surface area contributed by atoms with Crippen molar-refractivity contribution in [3.05, 3.63) is 48.0 Å². The maximum Gasteiger partial charge on any atom is 0.146 e. The molecule has 0 spiro atoms. The average molecular weight is 380 g/mol. The van der Waals surface area contributed by atoms with Crippen LogP contribution in [0.4, 0.5) is 0 Å². The summed E-state index contributed by atoms with van der Waals surface area (Å²) in [6.07, 6.45) is 2.23. The van der Waals surface area contributed by atoms with E-state index in [1.807, 2.05) is 24.3 Å². The molecule has 1 aromatic heterocycles. The van der Waals surface area contributed by atoms with Crippen molar-refractivity contribution < 1.29 is 4.74 Å². The van der Waals surface area contributed by atoms with Crippen LogP contribution in [0.25, 0.3) is 16.7 Å². The van der Waals surface area contributed by atoms with Crippen LogP contribution in [0.2, 0.25) is 0 Å². The molecule has 0 aliphatic heterocycles. The van der Waals surface area contributed by atoms with E-state index in [2.05, 4.69) is 69.9 Å². The topological polar surface area (TPSA) is 39.9 Å². The van der Waals surface area contributed by atoms with Gasteiger partial charge in [0, 0.05) is 0 Å². The minimum absolute atomic E-state index is 0.0482. The van der Waals surface area contributed by atoms with Crippen molar-refractivity contribution in [2.75, 3.05) is 6.61 Å². The fourth-order valence-corrected chi connectivity index (χ4v) is 3.15. The summed E-state index contributed by atoms with van der Waals surface area (Å²) in [5.41, 5.74) is 3.97. The molecule has 4 nitrogen and oxygen atoms in total. The molecule has 0 saturated carbocycles. The molecule has 0 fully saturated rings. The van der Waals surface area contributed by atoms with Gasteiger partial charge < -0.3 is 4.74 Å². The van der Waals surface area contributed by atoms with Gasteiger partial charge in [-0.25, -0.2) is 0 Å². The fourth-order valence-electron chi connectivity index (χ4n) is 3.15. The van der Waals surface area contributed by atoms with E-state index in [4.69, 9.17) is 4.74 Å². The lowest BCUT2D eigenvalue weighted by atomic mass is 9.87. The molecule has 4 heteroatoms. The van der Waals surface area contributed by atoms with Gasteiger partial charge in [-0.1, -0.05) is 59.7 Å². The smallest absolute Gasteiger partial charge is 0.146 e. The van der Waals surface area contributed by atoms with Crippen molar-refractivity contribution in [2.24, 2.45) is 11.8 Å². The Labute approximate surface area is 168 Å². The second-order valence-electron chi connectivity index (χ2n) is 9.12. The van der Waals surface area contributed by atoms with E-state index in [-0.39, 0.29) is 5.41 Å². The zero-order valence-corrected chi connectivity index (χ0v) is 18.1. The summed E-state index contributed by atoms with van der Waals surface area (Å²) < 4.78 is 6.18. The number of hydrogen-bond donors (Lipinski definition) is 0. The van der Waals surface area contributed by atoms with Gasteiger partial charge in [0.05, 0.1) is 6.61 Å². The first-order valence-electron chi connectivity index (χ1n) is 10.4. The van der Waals surface area contributed by atoms with Gasteiger partial charge in [-0.2, -0.15) is 0 Å². The molecule has 2 aromatic carbocycles. The van der Waals surface area contributed by atoms with Crippen molar-refractivity contribution in [1.82, 2.24) is 15.0 Å². The Kier molecular flexibility index (Phi) is 6.07. The highest BCUT2D eigenvalue weighted by Gasteiger charge is 2.18. The van der Waals surface area contributed by atoms with Gasteiger partial charge in [-0.15, -0.1) is 15.0 Å². The van der Waals surface area contributed by atoms with Crippen molar-refractivity contribution in [1.29, 1.82) is 0 Å². The van der Waals surface area contributed by atoms with Crippen LogP contribution in [0.1, 0.15) is 59.9 Å². The van der Waals surface area contributed by atoms with E-state index in [0.29, 0.717) is 18.4 Å². The third kappa shape index (κ3) is 4.73. The van der Waals surface area contributed by atoms with Crippen molar-refractivity contribution in [2.45, 2.75) is 59.8 Å². The number of rotatable bonds is 7. The summed E-state index contributed by atoms with van der Waals surface area (Å²) in [5, 5.41) is 9.34. The third-order valence-electron chi connectivity index (χ3n) is 5.53. The SMILES string of the molecule is CC(C)C(C)CCCOc1ccc(C(C)(C)C)cc1-n1nc2ccccc2n1. The summed E-state index contributed by atoms with van der Waals surface area (Å²) in [6.45, 7) is 14.2. The molecule has 0 amide bonds. The standard InChI is InChI=1S/C24H33N3O/c1-17(2)18(3)10-9-15-28-23-14-13-19(24(4,5)6)16-22(23)27-25-20-11-7-8-12-21(20)26-27/h7-8,11-14,16-18H,9-10,15H2,1-6H3. The number of fused-ring (bicyclic) bond motifs is 1. The van der Waals surface area contributed by atoms with Crippen LogP contribution in [0.3, 0.4) is 0 Å². The predicted molar refractivity (Wildman–Crippen MR) is 116 cm³/mol. The van der Waals surface area contributed by atoms with Crippen molar-refractivity contribution in [3.63, 3.8) is 0 Å². The van der Waals surface area contributed by atoms with Crippen LogP contribution < -0.4 is 4.74 Å². The molecule has 1 atom stereocenters. The quantitative estimate of drug-likeness (QED) is 0.461. The number of nitrogens with zero attached hydrogens (tertiary/aromatic N) is 3. The van der Waals surface area contributed by atoms with E-state index in [1.54, 1.807) is 4.80 Å². The summed E-state index contributed by atoms with van der Waals surface area (Å²) in [4.78, 5) is 1.71. The summed E-state index contributed by atoms with van der Waals surface area (Å²) in [7, 11) is 0. The first-order chi connectivity index (χ1) is 13.3. The van der Waals surface area contributed by atoms with Gasteiger partial charge in [0.25, 0.3) is 0 Å². The highest BCUT2D eigenvalue weighted by molar-refractivity contribution is 5.73. The lowest BCUT2D eigenvalue weighted by Gasteiger charge is -2.21. The molecule has 0 aliphatic carbocycles. The van der Waals surface area contributed by atoms with Gasteiger partial charge in [0.1, 0.15) is 22.5 Å². The molecule has 3 aromatic rings. The van der Waals surface area contributed by atoms with Crippen LogP contribution in [-0.4, -0.2) is 21.6 Å². The summed E-state index contributed by atoms with van der Waals surface area (Å²) in [5.74, 6) is 2.26. The average Bonchev–Trinajstić information content (AvgIpc) is 3.08. The van der Waals surface area contributed by atoms with Crippen LogP contribution in [0.5, 0.6) is 5.75 Å². The molecule has 28 heavy (non-hydrogen) atoms. The van der Waals surface area contributed by atoms with Crippen LogP contribution in [0, 0.1) is 11.8 Å². The van der Waals surface area contributed by atoms with Crippen molar-refractivity contribution in [3.8, 4) is 11.4 Å². The zero-order valence-electron chi connectivity index (χ0n) is 18.1. The molecule has 1 heterocycles. The highest BCUT2D eigenvalue weighted by atomic mass is 16.5. The van der Waals surface area contributed by atoms with Gasteiger partial charge in [0.15, 0.2) is 0 Å². The second kappa shape index (κ2) is 8.34. The van der Waals surface area contributed by atoms with E-state index >= 15 is 0 Å². The van der Waals surface area contributed by atoms with Crippen LogP contribution in [-0.2, 0) is 5.41 Å². The first kappa shape index (κ1) is 20.4. The lowest BCUT2D eigenvalue weighted by Crippen LogP contribution is -2.13. The molecule has 0 saturated heterocycles. The third-order valence-corrected chi connectivity index (χ3v) is 5.53. The molecule has 0 N–H and O–H groups in total. The Morgan fingerprint density at radius 3 is 2.18 bits per heavy atom. The molecular formula is C24H33N3O. The number of benzene rings is 2. The number of hydrogen-bond acceptors (Lipinski definition) is 3. The minimum Gasteiger partial charge on any atom is -0.491 e. The van der Waals surface area contributed by atoms with Crippen LogP contribution >= 0.6 is 0 Å². The maximum atomic E-state index is 6.18. The van der Waals surface area contributed by atoms with Crippen LogP contribution in [0.15, 0.2) is 42.5 Å². The van der Waals surface area contributed by atoms with E-state index < -0.39 is 0 Å². The molecule has 0 radical (unpaired) electrons. The zero-order chi connectivity index (χ0) is 20.3. The Balaban J connectivity index is 1.87. The maximum absolute atomic E-state index is 6.18. The van der Waals surface area contributed by atoms with E-state index in [0.717, 1.165) is 28.9 Å². The molecule has 3 rings (SSSR count). The van der Waals surface area contributed by atoms with E-state index in [1.165, 1.54) is 12.0 Å². The highest BCUT2D eigenvalue weighted by Crippen LogP contribution is 2.30. The summed E-state index contributed by atoms with van der Waals surface area (Å²) in [6, 6.07) is 14.3. The van der Waals surface area contributed by atoms with Gasteiger partial charge >= 0.3 is 0 Å². The normalized spacial score (nSPS) is 13.2. The lowest BCUT2D eigenvalue weighted by molar-refractivity contribution is 0.278.